The second-order valence-electron chi connectivity index (χ2n) is 13.2. The van der Waals surface area contributed by atoms with Crippen LogP contribution in [0.25, 0.3) is 0 Å². The third-order valence-electron chi connectivity index (χ3n) is 10.1. The lowest BCUT2D eigenvalue weighted by molar-refractivity contribution is -0.144. The number of ether oxygens (including phenoxy) is 3. The molecule has 258 valence electrons. The van der Waals surface area contributed by atoms with Crippen molar-refractivity contribution in [3.63, 3.8) is 0 Å². The zero-order valence-electron chi connectivity index (χ0n) is 28.4. The molecular formula is C37H48N4O6S. The summed E-state index contributed by atoms with van der Waals surface area (Å²) in [6, 6.07) is 14.7. The van der Waals surface area contributed by atoms with Crippen LogP contribution >= 0.6 is 0 Å². The molecule has 0 bridgehead atoms. The zero-order valence-corrected chi connectivity index (χ0v) is 29.2. The van der Waals surface area contributed by atoms with Gasteiger partial charge in [-0.3, -0.25) is 14.1 Å². The molecule has 0 spiro atoms. The molecule has 0 aliphatic carbocycles. The van der Waals surface area contributed by atoms with Gasteiger partial charge in [-0.25, -0.2) is 8.42 Å². The standard InChI is InChI=1S/C37H48N4O6S/c1-28-23-33(45-3)24-29(2)36(28)48(43,44)41-32(13-12-30-9-4-5-11-34(30)41)26-46-27-35(42)40-19-14-37(15-20-40,31-10-8-16-38-25-31)47-22-21-39-17-6-7-18-39/h4-5,8-11,16,23-25,32H,6-7,12-15,17-22,26-27H2,1-3H3. The second kappa shape index (κ2) is 14.9. The molecule has 1 aromatic heterocycles. The Morgan fingerprint density at radius 1 is 1.00 bits per heavy atom. The van der Waals surface area contributed by atoms with Crippen molar-refractivity contribution in [3.05, 3.63) is 83.2 Å². The number of amides is 1. The third kappa shape index (κ3) is 7.24. The van der Waals surface area contributed by atoms with Gasteiger partial charge in [0.25, 0.3) is 10.0 Å². The van der Waals surface area contributed by atoms with Crippen molar-refractivity contribution in [2.24, 2.45) is 0 Å². The Bertz CT molecular complexity index is 1650. The normalized spacial score (nSPS) is 19.7. The summed E-state index contributed by atoms with van der Waals surface area (Å²) in [6.45, 7) is 8.50. The van der Waals surface area contributed by atoms with E-state index in [1.54, 1.807) is 39.3 Å². The van der Waals surface area contributed by atoms with Gasteiger partial charge in [-0.1, -0.05) is 24.3 Å². The molecule has 1 unspecified atom stereocenters. The Kier molecular flexibility index (Phi) is 10.7. The Morgan fingerprint density at radius 2 is 1.73 bits per heavy atom. The number of rotatable bonds is 12. The van der Waals surface area contributed by atoms with Gasteiger partial charge in [-0.2, -0.15) is 0 Å². The molecule has 0 N–H and O–H groups in total. The minimum Gasteiger partial charge on any atom is -0.497 e. The first-order valence-electron chi connectivity index (χ1n) is 17.1. The Labute approximate surface area is 285 Å². The minimum atomic E-state index is -3.95. The molecule has 1 atom stereocenters. The fourth-order valence-electron chi connectivity index (χ4n) is 7.60. The van der Waals surface area contributed by atoms with Crippen molar-refractivity contribution in [2.75, 3.05) is 64.0 Å². The first kappa shape index (κ1) is 34.4. The number of para-hydroxylation sites is 1. The molecule has 2 aromatic carbocycles. The van der Waals surface area contributed by atoms with E-state index in [1.807, 2.05) is 41.4 Å². The molecule has 4 heterocycles. The van der Waals surface area contributed by atoms with Crippen molar-refractivity contribution in [1.29, 1.82) is 0 Å². The monoisotopic (exact) mass is 676 g/mol. The van der Waals surface area contributed by atoms with Crippen molar-refractivity contribution in [1.82, 2.24) is 14.8 Å². The Hall–Kier alpha value is -3.51. The maximum atomic E-state index is 14.4. The lowest BCUT2D eigenvalue weighted by Crippen LogP contribution is -2.49. The van der Waals surface area contributed by atoms with Crippen LogP contribution in [-0.2, 0) is 36.3 Å². The van der Waals surface area contributed by atoms with E-state index in [0.717, 1.165) is 37.2 Å². The number of piperidine rings is 1. The largest absolute Gasteiger partial charge is 0.497 e. The van der Waals surface area contributed by atoms with Gasteiger partial charge >= 0.3 is 0 Å². The van der Waals surface area contributed by atoms with Crippen LogP contribution in [0.1, 0.15) is 54.4 Å². The first-order chi connectivity index (χ1) is 23.2. The smallest absolute Gasteiger partial charge is 0.265 e. The molecule has 0 saturated carbocycles. The second-order valence-corrected chi connectivity index (χ2v) is 15.0. The zero-order chi connectivity index (χ0) is 33.7. The summed E-state index contributed by atoms with van der Waals surface area (Å²) < 4.78 is 48.4. The van der Waals surface area contributed by atoms with Gasteiger partial charge < -0.3 is 24.0 Å². The summed E-state index contributed by atoms with van der Waals surface area (Å²) in [6.07, 6.45) is 8.82. The SMILES string of the molecule is COc1cc(C)c(S(=O)(=O)N2c3ccccc3CCC2COCC(=O)N2CCC(OCCN3CCCC3)(c3cccnc3)CC2)c(C)c1. The lowest BCUT2D eigenvalue weighted by Gasteiger charge is -2.42. The number of benzene rings is 2. The summed E-state index contributed by atoms with van der Waals surface area (Å²) >= 11 is 0. The van der Waals surface area contributed by atoms with Gasteiger partial charge in [0.2, 0.25) is 5.91 Å². The van der Waals surface area contributed by atoms with Crippen molar-refractivity contribution < 1.29 is 27.4 Å². The molecule has 2 fully saturated rings. The average Bonchev–Trinajstić information content (AvgIpc) is 3.62. The van der Waals surface area contributed by atoms with Gasteiger partial charge in [0.05, 0.1) is 42.5 Å². The molecule has 48 heavy (non-hydrogen) atoms. The van der Waals surface area contributed by atoms with Crippen molar-refractivity contribution in [3.8, 4) is 5.75 Å². The molecular weight excluding hydrogens is 628 g/mol. The number of fused-ring (bicyclic) bond motifs is 1. The topological polar surface area (TPSA) is 102 Å². The number of anilines is 1. The highest BCUT2D eigenvalue weighted by Crippen LogP contribution is 2.39. The van der Waals surface area contributed by atoms with Crippen LogP contribution in [0.3, 0.4) is 0 Å². The van der Waals surface area contributed by atoms with Gasteiger partial charge in [-0.05, 0) is 106 Å². The Morgan fingerprint density at radius 3 is 2.42 bits per heavy atom. The number of aryl methyl sites for hydroxylation is 3. The summed E-state index contributed by atoms with van der Waals surface area (Å²) in [5.41, 5.74) is 3.45. The number of sulfonamides is 1. The van der Waals surface area contributed by atoms with Crippen LogP contribution in [0.15, 0.2) is 65.8 Å². The summed E-state index contributed by atoms with van der Waals surface area (Å²) in [4.78, 5) is 22.3. The molecule has 11 heteroatoms. The van der Waals surface area contributed by atoms with Gasteiger partial charge in [0, 0.05) is 37.6 Å². The number of carbonyl (C=O) groups is 1. The number of hydrogen-bond acceptors (Lipinski definition) is 8. The lowest BCUT2D eigenvalue weighted by atomic mass is 9.85. The summed E-state index contributed by atoms with van der Waals surface area (Å²) in [5.74, 6) is 0.518. The van der Waals surface area contributed by atoms with E-state index in [0.29, 0.717) is 61.5 Å². The number of likely N-dealkylation sites (tertiary alicyclic amines) is 2. The summed E-state index contributed by atoms with van der Waals surface area (Å²) in [5, 5.41) is 0. The van der Waals surface area contributed by atoms with E-state index in [2.05, 4.69) is 16.0 Å². The van der Waals surface area contributed by atoms with Crippen LogP contribution in [0.2, 0.25) is 0 Å². The van der Waals surface area contributed by atoms with E-state index < -0.39 is 21.7 Å². The maximum absolute atomic E-state index is 14.4. The third-order valence-corrected chi connectivity index (χ3v) is 12.3. The van der Waals surface area contributed by atoms with Gasteiger partial charge in [0.1, 0.15) is 12.4 Å². The highest BCUT2D eigenvalue weighted by Gasteiger charge is 2.40. The molecule has 3 aliphatic heterocycles. The number of methoxy groups -OCH3 is 1. The van der Waals surface area contributed by atoms with Crippen LogP contribution in [0, 0.1) is 13.8 Å². The molecule has 6 rings (SSSR count). The van der Waals surface area contributed by atoms with Crippen molar-refractivity contribution in [2.45, 2.75) is 68.9 Å². The fraction of sp³-hybridized carbons (Fsp3) is 0.514. The number of pyridine rings is 1. The predicted molar refractivity (Wildman–Crippen MR) is 185 cm³/mol. The predicted octanol–water partition coefficient (Wildman–Crippen LogP) is 4.86. The number of aromatic nitrogens is 1. The van der Waals surface area contributed by atoms with Gasteiger partial charge in [0.15, 0.2) is 0 Å². The van der Waals surface area contributed by atoms with E-state index in [1.165, 1.54) is 17.1 Å². The van der Waals surface area contributed by atoms with E-state index in [9.17, 15) is 13.2 Å². The molecule has 3 aromatic rings. The average molecular weight is 677 g/mol. The van der Waals surface area contributed by atoms with Crippen LogP contribution in [-0.4, -0.2) is 94.8 Å². The summed E-state index contributed by atoms with van der Waals surface area (Å²) in [7, 11) is -2.38. The quantitative estimate of drug-likeness (QED) is 0.268. The molecule has 10 nitrogen and oxygen atoms in total. The Balaban J connectivity index is 1.11. The van der Waals surface area contributed by atoms with Crippen LogP contribution in [0.4, 0.5) is 5.69 Å². The number of carbonyl (C=O) groups excluding carboxylic acids is 1. The van der Waals surface area contributed by atoms with E-state index >= 15 is 0 Å². The fourth-order valence-corrected chi connectivity index (χ4v) is 9.72. The number of hydrogen-bond donors (Lipinski definition) is 0. The number of nitrogens with zero attached hydrogens (tertiary/aromatic N) is 4. The minimum absolute atomic E-state index is 0.0979. The van der Waals surface area contributed by atoms with Crippen molar-refractivity contribution >= 4 is 21.6 Å². The molecule has 1 amide bonds. The molecule has 3 aliphatic rings. The molecule has 2 saturated heterocycles. The van der Waals surface area contributed by atoms with Crippen LogP contribution < -0.4 is 9.04 Å². The first-order valence-corrected chi connectivity index (χ1v) is 18.6. The highest BCUT2D eigenvalue weighted by molar-refractivity contribution is 7.93. The maximum Gasteiger partial charge on any atom is 0.265 e. The molecule has 0 radical (unpaired) electrons. The van der Waals surface area contributed by atoms with Crippen LogP contribution in [0.5, 0.6) is 5.75 Å². The van der Waals surface area contributed by atoms with E-state index in [-0.39, 0.29) is 24.0 Å². The van der Waals surface area contributed by atoms with E-state index in [4.69, 9.17) is 14.2 Å². The van der Waals surface area contributed by atoms with Gasteiger partial charge in [-0.15, -0.1) is 0 Å². The highest BCUT2D eigenvalue weighted by atomic mass is 32.2.